The second-order valence-corrected chi connectivity index (χ2v) is 5.59. The van der Waals surface area contributed by atoms with Gasteiger partial charge in [0.25, 0.3) is 0 Å². The molecule has 2 aromatic carbocycles. The Morgan fingerprint density at radius 2 is 1.68 bits per heavy atom. The number of para-hydroxylation sites is 1. The molecule has 0 heterocycles. The normalized spacial score (nSPS) is 12.4. The highest BCUT2D eigenvalue weighted by Gasteiger charge is 2.10. The molecule has 3 heteroatoms. The molecule has 0 radical (unpaired) electrons. The Balaban J connectivity index is 2.19. The van der Waals surface area contributed by atoms with Gasteiger partial charge < -0.3 is 0 Å². The van der Waals surface area contributed by atoms with Crippen LogP contribution >= 0.6 is 0 Å². The van der Waals surface area contributed by atoms with Crippen molar-refractivity contribution >= 4 is 23.3 Å². The van der Waals surface area contributed by atoms with Crippen LogP contribution in [-0.4, -0.2) is 30.6 Å². The van der Waals surface area contributed by atoms with E-state index in [0.717, 1.165) is 11.4 Å². The fourth-order valence-corrected chi connectivity index (χ4v) is 2.21. The number of benzene rings is 2. The maximum absolute atomic E-state index is 4.53. The van der Waals surface area contributed by atoms with Crippen molar-refractivity contribution in [3.63, 3.8) is 0 Å². The number of hydrazone groups is 1. The van der Waals surface area contributed by atoms with Crippen molar-refractivity contribution in [1.29, 1.82) is 0 Å². The Kier molecular flexibility index (Phi) is 5.10. The molecule has 22 heavy (non-hydrogen) atoms. The number of rotatable bonds is 4. The van der Waals surface area contributed by atoms with Crippen molar-refractivity contribution in [3.8, 4) is 0 Å². The number of nitrogens with zero attached hydrogens (tertiary/aromatic N) is 3. The number of aryl methyl sites for hydroxylation is 2. The zero-order valence-corrected chi connectivity index (χ0v) is 14.0. The molecule has 114 valence electrons. The van der Waals surface area contributed by atoms with Crippen LogP contribution in [-0.2, 0) is 0 Å². The van der Waals surface area contributed by atoms with Gasteiger partial charge in [-0.1, -0.05) is 35.9 Å². The van der Waals surface area contributed by atoms with Gasteiger partial charge in [-0.25, -0.2) is 0 Å². The zero-order chi connectivity index (χ0) is 16.1. The van der Waals surface area contributed by atoms with E-state index in [0.29, 0.717) is 0 Å². The summed E-state index contributed by atoms with van der Waals surface area (Å²) < 4.78 is 2.15. The van der Waals surface area contributed by atoms with E-state index < -0.39 is 0 Å². The predicted octanol–water partition coefficient (Wildman–Crippen LogP) is 4.16. The SMILES string of the molecule is CC(/C=N/N(C)c1ccc(C)cc1)=[N+](C)c1ccccc1C. The topological polar surface area (TPSA) is 18.6 Å². The molecule has 2 aromatic rings. The minimum atomic E-state index is 1.08. The molecule has 0 N–H and O–H groups in total. The second kappa shape index (κ2) is 7.03. The molecule has 0 aliphatic rings. The van der Waals surface area contributed by atoms with Crippen molar-refractivity contribution in [2.24, 2.45) is 5.10 Å². The number of hydrogen-bond acceptors (Lipinski definition) is 2. The summed E-state index contributed by atoms with van der Waals surface area (Å²) in [6.07, 6.45) is 1.90. The van der Waals surface area contributed by atoms with Crippen LogP contribution in [0.4, 0.5) is 11.4 Å². The van der Waals surface area contributed by atoms with Crippen molar-refractivity contribution in [2.75, 3.05) is 19.1 Å². The standard InChI is InChI=1S/C19H24N3/c1-15-10-12-18(13-11-15)22(5)20-14-17(3)21(4)19-9-7-6-8-16(19)2/h6-14H,1-5H3/q+1. The van der Waals surface area contributed by atoms with Gasteiger partial charge in [-0.2, -0.15) is 9.68 Å². The third kappa shape index (κ3) is 3.82. The van der Waals surface area contributed by atoms with Gasteiger partial charge in [-0.3, -0.25) is 5.01 Å². The van der Waals surface area contributed by atoms with Gasteiger partial charge in [-0.05, 0) is 26.0 Å². The van der Waals surface area contributed by atoms with Crippen molar-refractivity contribution in [1.82, 2.24) is 0 Å². The lowest BCUT2D eigenvalue weighted by Crippen LogP contribution is -2.15. The van der Waals surface area contributed by atoms with E-state index in [9.17, 15) is 0 Å². The van der Waals surface area contributed by atoms with Crippen LogP contribution in [0.3, 0.4) is 0 Å². The van der Waals surface area contributed by atoms with E-state index in [1.807, 2.05) is 18.3 Å². The first-order valence-corrected chi connectivity index (χ1v) is 7.46. The minimum Gasteiger partial charge on any atom is -0.268 e. The molecule has 0 fully saturated rings. The largest absolute Gasteiger partial charge is 0.268 e. The van der Waals surface area contributed by atoms with E-state index in [4.69, 9.17) is 0 Å². The molecule has 0 saturated heterocycles. The van der Waals surface area contributed by atoms with Gasteiger partial charge in [0, 0.05) is 25.6 Å². The van der Waals surface area contributed by atoms with Gasteiger partial charge in [0.2, 0.25) is 5.69 Å². The van der Waals surface area contributed by atoms with E-state index in [1.165, 1.54) is 16.8 Å². The Morgan fingerprint density at radius 3 is 2.32 bits per heavy atom. The van der Waals surface area contributed by atoms with Crippen LogP contribution in [0.1, 0.15) is 18.1 Å². The zero-order valence-electron chi connectivity index (χ0n) is 14.0. The molecule has 3 nitrogen and oxygen atoms in total. The Bertz CT molecular complexity index is 697. The molecule has 0 atom stereocenters. The molecular formula is C19H24N3+. The monoisotopic (exact) mass is 294 g/mol. The molecule has 2 rings (SSSR count). The van der Waals surface area contributed by atoms with Gasteiger partial charge >= 0.3 is 0 Å². The quantitative estimate of drug-likeness (QED) is 0.470. The fraction of sp³-hybridized carbons (Fsp3) is 0.263. The first kappa shape index (κ1) is 16.0. The average molecular weight is 294 g/mol. The molecule has 0 unspecified atom stereocenters. The lowest BCUT2D eigenvalue weighted by atomic mass is 10.2. The van der Waals surface area contributed by atoms with Crippen molar-refractivity contribution in [3.05, 3.63) is 59.7 Å². The lowest BCUT2D eigenvalue weighted by molar-refractivity contribution is -0.403. The van der Waals surface area contributed by atoms with E-state index in [1.54, 1.807) is 0 Å². The van der Waals surface area contributed by atoms with Crippen LogP contribution < -0.4 is 5.01 Å². The summed E-state index contributed by atoms with van der Waals surface area (Å²) in [7, 11) is 4.03. The molecule has 0 saturated carbocycles. The smallest absolute Gasteiger partial charge is 0.208 e. The highest BCUT2D eigenvalue weighted by atomic mass is 15.4. The van der Waals surface area contributed by atoms with Gasteiger partial charge in [0.15, 0.2) is 5.71 Å². The van der Waals surface area contributed by atoms with Crippen LogP contribution in [0, 0.1) is 13.8 Å². The summed E-state index contributed by atoms with van der Waals surface area (Å²) >= 11 is 0. The van der Waals surface area contributed by atoms with Crippen LogP contribution in [0.15, 0.2) is 53.6 Å². The highest BCUT2D eigenvalue weighted by Crippen LogP contribution is 2.16. The summed E-state index contributed by atoms with van der Waals surface area (Å²) in [6.45, 7) is 6.27. The first-order valence-electron chi connectivity index (χ1n) is 7.46. The molecular weight excluding hydrogens is 270 g/mol. The number of anilines is 1. The van der Waals surface area contributed by atoms with E-state index in [-0.39, 0.29) is 0 Å². The highest BCUT2D eigenvalue weighted by molar-refractivity contribution is 6.27. The lowest BCUT2D eigenvalue weighted by Gasteiger charge is -2.12. The third-order valence-electron chi connectivity index (χ3n) is 3.83. The van der Waals surface area contributed by atoms with Crippen LogP contribution in [0.25, 0.3) is 0 Å². The minimum absolute atomic E-state index is 1.08. The summed E-state index contributed by atoms with van der Waals surface area (Å²) in [6, 6.07) is 16.7. The van der Waals surface area contributed by atoms with Crippen molar-refractivity contribution < 1.29 is 4.58 Å². The summed E-state index contributed by atoms with van der Waals surface area (Å²) in [5.74, 6) is 0. The second-order valence-electron chi connectivity index (χ2n) is 5.59. The number of hydrogen-bond donors (Lipinski definition) is 0. The maximum Gasteiger partial charge on any atom is 0.208 e. The van der Waals surface area contributed by atoms with Crippen molar-refractivity contribution in [2.45, 2.75) is 20.8 Å². The fourth-order valence-electron chi connectivity index (χ4n) is 2.21. The summed E-state index contributed by atoms with van der Waals surface area (Å²) in [5.41, 5.74) is 5.87. The molecule has 0 aliphatic heterocycles. The molecule has 0 aromatic heterocycles. The van der Waals surface area contributed by atoms with Gasteiger partial charge in [0.1, 0.15) is 13.3 Å². The van der Waals surface area contributed by atoms with E-state index >= 15 is 0 Å². The molecule has 0 aliphatic carbocycles. The van der Waals surface area contributed by atoms with Gasteiger partial charge in [-0.15, -0.1) is 0 Å². The summed E-state index contributed by atoms with van der Waals surface area (Å²) in [5, 5.41) is 6.41. The average Bonchev–Trinajstić information content (AvgIpc) is 2.52. The van der Waals surface area contributed by atoms with Gasteiger partial charge in [0.05, 0.1) is 5.69 Å². The Hall–Kier alpha value is -2.42. The Labute approximate surface area is 133 Å². The molecule has 0 amide bonds. The van der Waals surface area contributed by atoms with Crippen LogP contribution in [0.5, 0.6) is 0 Å². The van der Waals surface area contributed by atoms with Crippen LogP contribution in [0.2, 0.25) is 0 Å². The third-order valence-corrected chi connectivity index (χ3v) is 3.83. The molecule has 0 spiro atoms. The predicted molar refractivity (Wildman–Crippen MR) is 95.8 cm³/mol. The summed E-state index contributed by atoms with van der Waals surface area (Å²) in [4.78, 5) is 0. The van der Waals surface area contributed by atoms with E-state index in [2.05, 4.69) is 86.0 Å². The maximum atomic E-state index is 4.53. The Morgan fingerprint density at radius 1 is 1.05 bits per heavy atom. The first-order chi connectivity index (χ1) is 10.5. The molecule has 0 bridgehead atoms.